The van der Waals surface area contributed by atoms with Gasteiger partial charge >= 0.3 is 0 Å². The van der Waals surface area contributed by atoms with E-state index < -0.39 is 0 Å². The minimum absolute atomic E-state index is 0.0288. The molecule has 7 nitrogen and oxygen atoms in total. The summed E-state index contributed by atoms with van der Waals surface area (Å²) < 4.78 is 10.7. The number of fused-ring (bicyclic) bond motifs is 1. The second-order valence-electron chi connectivity index (χ2n) is 6.26. The van der Waals surface area contributed by atoms with E-state index in [-0.39, 0.29) is 12.7 Å². The highest BCUT2D eigenvalue weighted by molar-refractivity contribution is 5.92. The molecule has 0 radical (unpaired) electrons. The number of aromatic nitrogens is 2. The standard InChI is InChI=1S/C18H20N4O3/c1-12-9-14(17(23)22-7-3-2-4-8-22)21-18(19-12)20-13-5-6-15-16(10-13)25-11-24-15/h5-6,9-10H,2-4,7-8,11H2,1H3,(H,19,20,21). The van der Waals surface area contributed by atoms with Crippen LogP contribution in [0.2, 0.25) is 0 Å². The second kappa shape index (κ2) is 6.58. The lowest BCUT2D eigenvalue weighted by Gasteiger charge is -2.26. The van der Waals surface area contributed by atoms with Gasteiger partial charge < -0.3 is 19.7 Å². The fourth-order valence-corrected chi connectivity index (χ4v) is 3.10. The van der Waals surface area contributed by atoms with Crippen molar-refractivity contribution in [1.29, 1.82) is 0 Å². The fraction of sp³-hybridized carbons (Fsp3) is 0.389. The SMILES string of the molecule is Cc1cc(C(=O)N2CCCCC2)nc(Nc2ccc3c(c2)OCO3)n1. The van der Waals surface area contributed by atoms with E-state index in [2.05, 4.69) is 15.3 Å². The van der Waals surface area contributed by atoms with Crippen LogP contribution in [0.5, 0.6) is 11.5 Å². The summed E-state index contributed by atoms with van der Waals surface area (Å²) in [5.41, 5.74) is 1.96. The molecule has 1 saturated heterocycles. The third-order valence-electron chi connectivity index (χ3n) is 4.35. The highest BCUT2D eigenvalue weighted by Crippen LogP contribution is 2.34. The van der Waals surface area contributed by atoms with E-state index in [9.17, 15) is 4.79 Å². The van der Waals surface area contributed by atoms with Gasteiger partial charge in [0.15, 0.2) is 11.5 Å². The zero-order valence-electron chi connectivity index (χ0n) is 14.1. The molecule has 7 heteroatoms. The lowest BCUT2D eigenvalue weighted by molar-refractivity contribution is 0.0718. The average Bonchev–Trinajstić information content (AvgIpc) is 3.09. The van der Waals surface area contributed by atoms with E-state index in [0.29, 0.717) is 17.4 Å². The molecular formula is C18H20N4O3. The van der Waals surface area contributed by atoms with Gasteiger partial charge in [-0.25, -0.2) is 9.97 Å². The number of anilines is 2. The number of ether oxygens (including phenoxy) is 2. The third-order valence-corrected chi connectivity index (χ3v) is 4.35. The van der Waals surface area contributed by atoms with Crippen molar-refractivity contribution in [2.75, 3.05) is 25.2 Å². The molecule has 1 N–H and O–H groups in total. The minimum atomic E-state index is -0.0288. The van der Waals surface area contributed by atoms with Gasteiger partial charge in [0, 0.05) is 30.5 Å². The van der Waals surface area contributed by atoms with Crippen molar-refractivity contribution in [3.05, 3.63) is 35.7 Å². The molecule has 0 bridgehead atoms. The molecule has 2 aliphatic heterocycles. The molecule has 1 fully saturated rings. The van der Waals surface area contributed by atoms with Gasteiger partial charge in [-0.2, -0.15) is 0 Å². The molecule has 1 amide bonds. The van der Waals surface area contributed by atoms with Gasteiger partial charge in [-0.1, -0.05) is 0 Å². The van der Waals surface area contributed by atoms with Gasteiger partial charge in [0.1, 0.15) is 5.69 Å². The van der Waals surface area contributed by atoms with Crippen LogP contribution in [0.1, 0.15) is 35.4 Å². The molecule has 2 aromatic rings. The van der Waals surface area contributed by atoms with Gasteiger partial charge in [-0.15, -0.1) is 0 Å². The molecule has 0 saturated carbocycles. The topological polar surface area (TPSA) is 76.6 Å². The molecule has 130 valence electrons. The van der Waals surface area contributed by atoms with Crippen LogP contribution in [0, 0.1) is 6.92 Å². The van der Waals surface area contributed by atoms with Crippen LogP contribution in [0.25, 0.3) is 0 Å². The van der Waals surface area contributed by atoms with Gasteiger partial charge in [0.25, 0.3) is 5.91 Å². The molecule has 0 atom stereocenters. The molecular weight excluding hydrogens is 320 g/mol. The summed E-state index contributed by atoms with van der Waals surface area (Å²) in [6, 6.07) is 7.27. The Hall–Kier alpha value is -2.83. The summed E-state index contributed by atoms with van der Waals surface area (Å²) in [5, 5.41) is 3.14. The van der Waals surface area contributed by atoms with Crippen LogP contribution < -0.4 is 14.8 Å². The minimum Gasteiger partial charge on any atom is -0.454 e. The van der Waals surface area contributed by atoms with E-state index in [0.717, 1.165) is 43.1 Å². The predicted octanol–water partition coefficient (Wildman–Crippen LogP) is 2.88. The Labute approximate surface area is 146 Å². The van der Waals surface area contributed by atoms with E-state index in [1.807, 2.05) is 30.0 Å². The normalized spacial score (nSPS) is 16.0. The molecule has 4 rings (SSSR count). The first kappa shape index (κ1) is 15.7. The average molecular weight is 340 g/mol. The van der Waals surface area contributed by atoms with E-state index in [1.165, 1.54) is 6.42 Å². The maximum Gasteiger partial charge on any atom is 0.272 e. The van der Waals surface area contributed by atoms with Crippen LogP contribution in [-0.4, -0.2) is 40.7 Å². The number of hydrogen-bond acceptors (Lipinski definition) is 6. The van der Waals surface area contributed by atoms with Crippen LogP contribution >= 0.6 is 0 Å². The zero-order chi connectivity index (χ0) is 17.2. The molecule has 3 heterocycles. The van der Waals surface area contributed by atoms with Crippen molar-refractivity contribution in [2.45, 2.75) is 26.2 Å². The Kier molecular flexibility index (Phi) is 4.13. The van der Waals surface area contributed by atoms with Crippen molar-refractivity contribution in [1.82, 2.24) is 14.9 Å². The summed E-state index contributed by atoms with van der Waals surface area (Å²) >= 11 is 0. The first-order valence-corrected chi connectivity index (χ1v) is 8.51. The van der Waals surface area contributed by atoms with Crippen molar-refractivity contribution >= 4 is 17.5 Å². The Balaban J connectivity index is 1.56. The highest BCUT2D eigenvalue weighted by Gasteiger charge is 2.20. The van der Waals surface area contributed by atoms with E-state index in [4.69, 9.17) is 9.47 Å². The number of piperidine rings is 1. The number of carbonyl (C=O) groups is 1. The van der Waals surface area contributed by atoms with Crippen molar-refractivity contribution in [3.8, 4) is 11.5 Å². The molecule has 1 aromatic heterocycles. The number of rotatable bonds is 3. The van der Waals surface area contributed by atoms with Gasteiger partial charge in [-0.3, -0.25) is 4.79 Å². The summed E-state index contributed by atoms with van der Waals surface area (Å²) in [4.78, 5) is 23.3. The number of amides is 1. The van der Waals surface area contributed by atoms with Crippen molar-refractivity contribution < 1.29 is 14.3 Å². The van der Waals surface area contributed by atoms with Crippen molar-refractivity contribution in [3.63, 3.8) is 0 Å². The monoisotopic (exact) mass is 340 g/mol. The Morgan fingerprint density at radius 2 is 1.88 bits per heavy atom. The lowest BCUT2D eigenvalue weighted by Crippen LogP contribution is -2.36. The molecule has 1 aromatic carbocycles. The van der Waals surface area contributed by atoms with E-state index in [1.54, 1.807) is 6.07 Å². The number of likely N-dealkylation sites (tertiary alicyclic amines) is 1. The maximum absolute atomic E-state index is 12.7. The van der Waals surface area contributed by atoms with Gasteiger partial charge in [0.05, 0.1) is 0 Å². The Bertz CT molecular complexity index is 803. The lowest BCUT2D eigenvalue weighted by atomic mass is 10.1. The number of benzene rings is 1. The maximum atomic E-state index is 12.7. The number of carbonyl (C=O) groups excluding carboxylic acids is 1. The number of nitrogens with zero attached hydrogens (tertiary/aromatic N) is 3. The molecule has 25 heavy (non-hydrogen) atoms. The molecule has 0 aliphatic carbocycles. The van der Waals surface area contributed by atoms with Crippen LogP contribution in [0.3, 0.4) is 0 Å². The molecule has 2 aliphatic rings. The van der Waals surface area contributed by atoms with E-state index >= 15 is 0 Å². The largest absolute Gasteiger partial charge is 0.454 e. The first-order chi connectivity index (χ1) is 12.2. The quantitative estimate of drug-likeness (QED) is 0.926. The first-order valence-electron chi connectivity index (χ1n) is 8.51. The summed E-state index contributed by atoms with van der Waals surface area (Å²) in [6.45, 7) is 3.69. The smallest absolute Gasteiger partial charge is 0.272 e. The second-order valence-corrected chi connectivity index (χ2v) is 6.26. The van der Waals surface area contributed by atoms with Crippen LogP contribution in [-0.2, 0) is 0 Å². The van der Waals surface area contributed by atoms with Crippen LogP contribution in [0.15, 0.2) is 24.3 Å². The summed E-state index contributed by atoms with van der Waals surface area (Å²) in [5.74, 6) is 1.78. The van der Waals surface area contributed by atoms with Gasteiger partial charge in [0.2, 0.25) is 12.7 Å². The summed E-state index contributed by atoms with van der Waals surface area (Å²) in [7, 11) is 0. The highest BCUT2D eigenvalue weighted by atomic mass is 16.7. The van der Waals surface area contributed by atoms with Crippen molar-refractivity contribution in [2.24, 2.45) is 0 Å². The molecule has 0 spiro atoms. The Morgan fingerprint density at radius 3 is 2.72 bits per heavy atom. The predicted molar refractivity (Wildman–Crippen MR) is 92.4 cm³/mol. The van der Waals surface area contributed by atoms with Gasteiger partial charge in [-0.05, 0) is 44.4 Å². The fourth-order valence-electron chi connectivity index (χ4n) is 3.10. The zero-order valence-corrected chi connectivity index (χ0v) is 14.1. The number of nitrogens with one attached hydrogen (secondary N) is 1. The summed E-state index contributed by atoms with van der Waals surface area (Å²) in [6.07, 6.45) is 3.29. The molecule has 0 unspecified atom stereocenters. The number of aryl methyl sites for hydroxylation is 1. The van der Waals surface area contributed by atoms with Crippen LogP contribution in [0.4, 0.5) is 11.6 Å². The third kappa shape index (κ3) is 3.35. The number of hydrogen-bond donors (Lipinski definition) is 1. The Morgan fingerprint density at radius 1 is 1.08 bits per heavy atom.